The standard InChI is InChI=1S/C20H10F3NO4S/c21-10-6-12(22)16(13(23)7-10)11-8-29-19(17(11)20(26)27)24-18(25)15-5-9-3-1-2-4-14(9)28-15/h1-8H,(H,24,25)(H,26,27). The van der Waals surface area contributed by atoms with Crippen molar-refractivity contribution in [2.45, 2.75) is 0 Å². The van der Waals surface area contributed by atoms with Crippen LogP contribution in [0.25, 0.3) is 22.1 Å². The molecule has 0 aliphatic rings. The van der Waals surface area contributed by atoms with Gasteiger partial charge < -0.3 is 14.8 Å². The molecule has 29 heavy (non-hydrogen) atoms. The number of hydrogen-bond donors (Lipinski definition) is 2. The molecule has 0 spiro atoms. The highest BCUT2D eigenvalue weighted by Crippen LogP contribution is 2.38. The Balaban J connectivity index is 1.74. The van der Waals surface area contributed by atoms with E-state index < -0.39 is 40.5 Å². The molecule has 0 atom stereocenters. The van der Waals surface area contributed by atoms with Gasteiger partial charge in [-0.1, -0.05) is 18.2 Å². The van der Waals surface area contributed by atoms with Crippen molar-refractivity contribution < 1.29 is 32.3 Å². The number of carbonyl (C=O) groups excluding carboxylic acids is 1. The fourth-order valence-electron chi connectivity index (χ4n) is 2.90. The summed E-state index contributed by atoms with van der Waals surface area (Å²) in [7, 11) is 0. The summed E-state index contributed by atoms with van der Waals surface area (Å²) in [6.07, 6.45) is 0. The van der Waals surface area contributed by atoms with Crippen LogP contribution in [0.5, 0.6) is 0 Å². The number of carboxylic acid groups (broad SMARTS) is 1. The molecule has 5 nitrogen and oxygen atoms in total. The van der Waals surface area contributed by atoms with E-state index in [0.717, 1.165) is 11.3 Å². The van der Waals surface area contributed by atoms with E-state index in [0.29, 0.717) is 23.1 Å². The minimum Gasteiger partial charge on any atom is -0.478 e. The van der Waals surface area contributed by atoms with E-state index in [2.05, 4.69) is 5.32 Å². The first-order valence-electron chi connectivity index (χ1n) is 8.14. The maximum atomic E-state index is 14.1. The molecule has 0 saturated carbocycles. The fourth-order valence-corrected chi connectivity index (χ4v) is 3.84. The van der Waals surface area contributed by atoms with E-state index >= 15 is 0 Å². The van der Waals surface area contributed by atoms with Gasteiger partial charge in [-0.05, 0) is 12.1 Å². The van der Waals surface area contributed by atoms with Crippen molar-refractivity contribution in [3.8, 4) is 11.1 Å². The van der Waals surface area contributed by atoms with Gasteiger partial charge in [0.25, 0.3) is 5.91 Å². The molecule has 0 unspecified atom stereocenters. The van der Waals surface area contributed by atoms with Gasteiger partial charge in [-0.3, -0.25) is 4.79 Å². The van der Waals surface area contributed by atoms with E-state index in [1.165, 1.54) is 11.4 Å². The first kappa shape index (κ1) is 18.8. The van der Waals surface area contributed by atoms with Crippen LogP contribution in [0.15, 0.2) is 52.3 Å². The molecular weight excluding hydrogens is 407 g/mol. The third kappa shape index (κ3) is 3.36. The van der Waals surface area contributed by atoms with Crippen LogP contribution in [-0.4, -0.2) is 17.0 Å². The predicted octanol–water partition coefficient (Wildman–Crippen LogP) is 5.53. The molecule has 2 aromatic carbocycles. The zero-order chi connectivity index (χ0) is 20.7. The number of anilines is 1. The Morgan fingerprint density at radius 2 is 1.72 bits per heavy atom. The number of nitrogens with one attached hydrogen (secondary N) is 1. The number of rotatable bonds is 4. The minimum absolute atomic E-state index is 0.0587. The van der Waals surface area contributed by atoms with Gasteiger partial charge in [-0.2, -0.15) is 0 Å². The SMILES string of the molecule is O=C(Nc1scc(-c2c(F)cc(F)cc2F)c1C(=O)O)c1cc2ccccc2o1. The van der Waals surface area contributed by atoms with Crippen molar-refractivity contribution in [2.24, 2.45) is 0 Å². The zero-order valence-corrected chi connectivity index (χ0v) is 15.1. The topological polar surface area (TPSA) is 79.5 Å². The summed E-state index contributed by atoms with van der Waals surface area (Å²) in [6.45, 7) is 0. The number of aromatic carboxylic acids is 1. The van der Waals surface area contributed by atoms with Crippen LogP contribution in [0.4, 0.5) is 18.2 Å². The molecule has 2 N–H and O–H groups in total. The van der Waals surface area contributed by atoms with Crippen LogP contribution in [0.1, 0.15) is 20.9 Å². The van der Waals surface area contributed by atoms with Crippen LogP contribution in [0.2, 0.25) is 0 Å². The molecule has 9 heteroatoms. The van der Waals surface area contributed by atoms with E-state index in [1.54, 1.807) is 24.3 Å². The summed E-state index contributed by atoms with van der Waals surface area (Å²) >= 11 is 0.769. The van der Waals surface area contributed by atoms with Gasteiger partial charge in [0.05, 0.1) is 5.56 Å². The Morgan fingerprint density at radius 3 is 2.38 bits per heavy atom. The van der Waals surface area contributed by atoms with E-state index in [-0.39, 0.29) is 16.3 Å². The maximum absolute atomic E-state index is 14.1. The van der Waals surface area contributed by atoms with Crippen molar-refractivity contribution >= 4 is 39.2 Å². The molecule has 2 aromatic heterocycles. The number of fused-ring (bicyclic) bond motifs is 1. The largest absolute Gasteiger partial charge is 0.478 e. The number of amides is 1. The van der Waals surface area contributed by atoms with Gasteiger partial charge >= 0.3 is 5.97 Å². The molecule has 0 fully saturated rings. The number of hydrogen-bond acceptors (Lipinski definition) is 4. The molecule has 0 aliphatic carbocycles. The second kappa shape index (κ2) is 7.10. The molecule has 2 heterocycles. The summed E-state index contributed by atoms with van der Waals surface area (Å²) in [4.78, 5) is 24.2. The molecular formula is C20H10F3NO4S. The smallest absolute Gasteiger partial charge is 0.339 e. The van der Waals surface area contributed by atoms with E-state index in [9.17, 15) is 27.9 Å². The predicted molar refractivity (Wildman–Crippen MR) is 101 cm³/mol. The quantitative estimate of drug-likeness (QED) is 0.458. The Morgan fingerprint density at radius 1 is 1.03 bits per heavy atom. The summed E-state index contributed by atoms with van der Waals surface area (Å²) in [5.41, 5.74) is -1.04. The molecule has 4 aromatic rings. The average molecular weight is 417 g/mol. The Hall–Kier alpha value is -3.59. The van der Waals surface area contributed by atoms with Gasteiger partial charge in [0, 0.05) is 28.5 Å². The minimum atomic E-state index is -1.51. The van der Waals surface area contributed by atoms with Gasteiger partial charge in [-0.15, -0.1) is 11.3 Å². The van der Waals surface area contributed by atoms with Crippen molar-refractivity contribution in [1.82, 2.24) is 0 Å². The Labute approximate surface area is 165 Å². The number of carboxylic acids is 1. The van der Waals surface area contributed by atoms with E-state index in [4.69, 9.17) is 4.42 Å². The number of thiophene rings is 1. The van der Waals surface area contributed by atoms with Gasteiger partial charge in [0.15, 0.2) is 5.76 Å². The Bertz CT molecular complexity index is 1220. The summed E-state index contributed by atoms with van der Waals surface area (Å²) < 4.78 is 46.9. The number of benzene rings is 2. The first-order valence-corrected chi connectivity index (χ1v) is 9.02. The third-order valence-corrected chi connectivity index (χ3v) is 5.05. The van der Waals surface area contributed by atoms with Crippen molar-refractivity contribution in [3.05, 3.63) is 76.6 Å². The number of para-hydroxylation sites is 1. The van der Waals surface area contributed by atoms with Crippen molar-refractivity contribution in [3.63, 3.8) is 0 Å². The lowest BCUT2D eigenvalue weighted by atomic mass is 10.0. The van der Waals surface area contributed by atoms with Gasteiger partial charge in [-0.25, -0.2) is 18.0 Å². The van der Waals surface area contributed by atoms with Gasteiger partial charge in [0.2, 0.25) is 0 Å². The summed E-state index contributed by atoms with van der Waals surface area (Å²) in [5.74, 6) is -5.93. The van der Waals surface area contributed by atoms with Crippen LogP contribution < -0.4 is 5.32 Å². The molecule has 4 rings (SSSR count). The maximum Gasteiger partial charge on any atom is 0.339 e. The average Bonchev–Trinajstić information content (AvgIpc) is 3.25. The normalized spacial score (nSPS) is 11.0. The third-order valence-electron chi connectivity index (χ3n) is 4.16. The molecule has 0 radical (unpaired) electrons. The van der Waals surface area contributed by atoms with Crippen LogP contribution >= 0.6 is 11.3 Å². The number of carbonyl (C=O) groups is 2. The highest BCUT2D eigenvalue weighted by molar-refractivity contribution is 7.15. The van der Waals surface area contributed by atoms with Gasteiger partial charge in [0.1, 0.15) is 33.6 Å². The number of halogens is 3. The molecule has 1 amide bonds. The van der Waals surface area contributed by atoms with Crippen LogP contribution in [0.3, 0.4) is 0 Å². The lowest BCUT2D eigenvalue weighted by Crippen LogP contribution is -2.13. The van der Waals surface area contributed by atoms with Crippen molar-refractivity contribution in [2.75, 3.05) is 5.32 Å². The first-order chi connectivity index (χ1) is 13.8. The summed E-state index contributed by atoms with van der Waals surface area (Å²) in [6, 6.07) is 9.29. The lowest BCUT2D eigenvalue weighted by Gasteiger charge is -2.07. The highest BCUT2D eigenvalue weighted by Gasteiger charge is 2.26. The fraction of sp³-hybridized carbons (Fsp3) is 0. The van der Waals surface area contributed by atoms with Crippen molar-refractivity contribution in [1.29, 1.82) is 0 Å². The second-order valence-electron chi connectivity index (χ2n) is 6.01. The summed E-state index contributed by atoms with van der Waals surface area (Å²) in [5, 5.41) is 13.7. The Kier molecular flexibility index (Phi) is 4.59. The molecule has 0 saturated heterocycles. The lowest BCUT2D eigenvalue weighted by molar-refractivity contribution is 0.0699. The van der Waals surface area contributed by atoms with E-state index in [1.807, 2.05) is 0 Å². The molecule has 0 aliphatic heterocycles. The highest BCUT2D eigenvalue weighted by atomic mass is 32.1. The van der Waals surface area contributed by atoms with Crippen LogP contribution in [0, 0.1) is 17.5 Å². The van der Waals surface area contributed by atoms with Crippen LogP contribution in [-0.2, 0) is 0 Å². The molecule has 0 bridgehead atoms. The second-order valence-corrected chi connectivity index (χ2v) is 6.89. The molecule has 146 valence electrons. The number of furan rings is 1. The monoisotopic (exact) mass is 417 g/mol. The zero-order valence-electron chi connectivity index (χ0n) is 14.3.